The molecule has 3 rings (SSSR count). The molecule has 134 valence electrons. The highest BCUT2D eigenvalue weighted by Gasteiger charge is 2.52. The summed E-state index contributed by atoms with van der Waals surface area (Å²) in [7, 11) is 0. The van der Waals surface area contributed by atoms with Crippen LogP contribution in [-0.4, -0.2) is 34.5 Å². The van der Waals surface area contributed by atoms with Crippen LogP contribution in [-0.2, 0) is 14.3 Å². The van der Waals surface area contributed by atoms with Gasteiger partial charge in [0.1, 0.15) is 6.10 Å². The summed E-state index contributed by atoms with van der Waals surface area (Å²) in [4.78, 5) is 12.2. The van der Waals surface area contributed by atoms with Crippen LogP contribution >= 0.6 is 0 Å². The average molecular weight is 334 g/mol. The van der Waals surface area contributed by atoms with E-state index in [2.05, 4.69) is 26.5 Å². The van der Waals surface area contributed by atoms with E-state index in [0.717, 1.165) is 32.1 Å². The van der Waals surface area contributed by atoms with Crippen molar-refractivity contribution >= 4 is 5.97 Å². The molecule has 5 atom stereocenters. The van der Waals surface area contributed by atoms with Crippen molar-refractivity contribution in [3.63, 3.8) is 0 Å². The third kappa shape index (κ3) is 3.60. The van der Waals surface area contributed by atoms with E-state index in [1.165, 1.54) is 5.57 Å². The number of hydrogen-bond donors (Lipinski definition) is 1. The highest BCUT2D eigenvalue weighted by molar-refractivity contribution is 5.89. The molecule has 0 radical (unpaired) electrons. The normalized spacial score (nSPS) is 46.2. The molecule has 0 spiro atoms. The Hall–Kier alpha value is -1.13. The molecular formula is C20H30O4. The Morgan fingerprint density at radius 3 is 2.75 bits per heavy atom. The molecule has 24 heavy (non-hydrogen) atoms. The summed E-state index contributed by atoms with van der Waals surface area (Å²) < 4.78 is 11.4. The van der Waals surface area contributed by atoms with E-state index in [0.29, 0.717) is 24.5 Å². The van der Waals surface area contributed by atoms with Gasteiger partial charge in [-0.1, -0.05) is 18.2 Å². The highest BCUT2D eigenvalue weighted by atomic mass is 16.6. The Morgan fingerprint density at radius 1 is 1.25 bits per heavy atom. The lowest BCUT2D eigenvalue weighted by Crippen LogP contribution is -2.47. The van der Waals surface area contributed by atoms with Crippen LogP contribution in [0.1, 0.15) is 65.7 Å². The van der Waals surface area contributed by atoms with Crippen molar-refractivity contribution < 1.29 is 19.4 Å². The Labute approximate surface area is 144 Å². The van der Waals surface area contributed by atoms with Crippen LogP contribution in [0.15, 0.2) is 23.8 Å². The highest BCUT2D eigenvalue weighted by Crippen LogP contribution is 2.46. The first-order valence-corrected chi connectivity index (χ1v) is 9.17. The lowest BCUT2D eigenvalue weighted by Gasteiger charge is -2.39. The molecule has 1 N–H and O–H groups in total. The fraction of sp³-hybridized carbons (Fsp3) is 0.750. The fourth-order valence-corrected chi connectivity index (χ4v) is 4.06. The molecule has 3 aliphatic rings. The maximum absolute atomic E-state index is 12.2. The predicted octanol–water partition coefficient (Wildman–Crippen LogP) is 3.68. The number of aliphatic hydroxyl groups is 1. The Morgan fingerprint density at radius 2 is 2.00 bits per heavy atom. The molecule has 0 aromatic rings. The van der Waals surface area contributed by atoms with E-state index in [4.69, 9.17) is 9.47 Å². The van der Waals surface area contributed by atoms with Crippen molar-refractivity contribution in [1.82, 2.24) is 0 Å². The lowest BCUT2D eigenvalue weighted by atomic mass is 9.79. The van der Waals surface area contributed by atoms with Crippen molar-refractivity contribution in [3.05, 3.63) is 23.8 Å². The first-order chi connectivity index (χ1) is 11.2. The van der Waals surface area contributed by atoms with Crippen molar-refractivity contribution in [2.75, 3.05) is 0 Å². The molecule has 0 aromatic carbocycles. The first kappa shape index (κ1) is 17.7. The minimum Gasteiger partial charge on any atom is -0.456 e. The molecule has 2 aliphatic heterocycles. The second-order valence-corrected chi connectivity index (χ2v) is 8.29. The van der Waals surface area contributed by atoms with Crippen LogP contribution in [0.4, 0.5) is 0 Å². The summed E-state index contributed by atoms with van der Waals surface area (Å²) in [5.74, 6) is -0.279. The molecule has 0 aromatic heterocycles. The molecule has 2 saturated heterocycles. The third-order valence-corrected chi connectivity index (χ3v) is 6.17. The van der Waals surface area contributed by atoms with Gasteiger partial charge in [-0.2, -0.15) is 0 Å². The summed E-state index contributed by atoms with van der Waals surface area (Å²) in [5, 5.41) is 10.8. The van der Waals surface area contributed by atoms with Gasteiger partial charge in [0.05, 0.1) is 17.3 Å². The number of hydrogen-bond acceptors (Lipinski definition) is 4. The Kier molecular flexibility index (Phi) is 4.65. The van der Waals surface area contributed by atoms with E-state index in [1.54, 1.807) is 6.92 Å². The number of esters is 1. The molecule has 0 saturated carbocycles. The number of ether oxygens (including phenoxy) is 2. The van der Waals surface area contributed by atoms with Gasteiger partial charge < -0.3 is 14.6 Å². The molecule has 1 aliphatic carbocycles. The first-order valence-electron chi connectivity index (χ1n) is 9.17. The van der Waals surface area contributed by atoms with Crippen molar-refractivity contribution in [3.8, 4) is 0 Å². The second kappa shape index (κ2) is 6.30. The quantitative estimate of drug-likeness (QED) is 0.318. The van der Waals surface area contributed by atoms with Gasteiger partial charge in [-0.05, 0) is 71.6 Å². The molecule has 0 unspecified atom stereocenters. The second-order valence-electron chi connectivity index (χ2n) is 8.29. The maximum Gasteiger partial charge on any atom is 0.334 e. The topological polar surface area (TPSA) is 59.1 Å². The zero-order chi connectivity index (χ0) is 17.5. The van der Waals surface area contributed by atoms with Crippen LogP contribution in [0.2, 0.25) is 0 Å². The van der Waals surface area contributed by atoms with Crippen molar-refractivity contribution in [2.45, 2.75) is 89.1 Å². The maximum atomic E-state index is 12.2. The molecule has 2 heterocycles. The van der Waals surface area contributed by atoms with Crippen LogP contribution < -0.4 is 0 Å². The fourth-order valence-electron chi connectivity index (χ4n) is 4.06. The minimum absolute atomic E-state index is 0.0654. The van der Waals surface area contributed by atoms with E-state index in [9.17, 15) is 9.90 Å². The largest absolute Gasteiger partial charge is 0.456 e. The predicted molar refractivity (Wildman–Crippen MR) is 92.5 cm³/mol. The summed E-state index contributed by atoms with van der Waals surface area (Å²) >= 11 is 0. The van der Waals surface area contributed by atoms with Crippen molar-refractivity contribution in [2.24, 2.45) is 5.92 Å². The summed E-state index contributed by atoms with van der Waals surface area (Å²) in [6.45, 7) is 10.0. The SMILES string of the molecule is C=C1C(=O)O[C@H]2C[C@H]1CC[C@@]1(C)O[C@H]1CC/C(C)=C\CC[C@]2(C)O. The number of carbonyl (C=O) groups excluding carboxylic acids is 1. The van der Waals surface area contributed by atoms with Crippen LogP contribution in [0, 0.1) is 5.92 Å². The number of fused-ring (bicyclic) bond motifs is 3. The lowest BCUT2D eigenvalue weighted by molar-refractivity contribution is -0.168. The number of epoxide rings is 1. The zero-order valence-electron chi connectivity index (χ0n) is 15.1. The molecule has 4 heteroatoms. The molecular weight excluding hydrogens is 304 g/mol. The van der Waals surface area contributed by atoms with Crippen LogP contribution in [0.25, 0.3) is 0 Å². The van der Waals surface area contributed by atoms with E-state index >= 15 is 0 Å². The van der Waals surface area contributed by atoms with E-state index in [-0.39, 0.29) is 17.5 Å². The number of rotatable bonds is 0. The van der Waals surface area contributed by atoms with Gasteiger partial charge in [0.25, 0.3) is 0 Å². The van der Waals surface area contributed by atoms with Gasteiger partial charge >= 0.3 is 5.97 Å². The summed E-state index contributed by atoms with van der Waals surface area (Å²) in [6, 6.07) is 0. The third-order valence-electron chi connectivity index (χ3n) is 6.17. The number of allylic oxidation sites excluding steroid dienone is 2. The van der Waals surface area contributed by atoms with Gasteiger partial charge in [0.2, 0.25) is 0 Å². The van der Waals surface area contributed by atoms with E-state index < -0.39 is 11.7 Å². The van der Waals surface area contributed by atoms with Gasteiger partial charge in [-0.15, -0.1) is 0 Å². The Bertz CT molecular complexity index is 562. The van der Waals surface area contributed by atoms with Gasteiger partial charge in [0.15, 0.2) is 0 Å². The molecule has 4 nitrogen and oxygen atoms in total. The van der Waals surface area contributed by atoms with Gasteiger partial charge in [-0.25, -0.2) is 4.79 Å². The monoisotopic (exact) mass is 334 g/mol. The van der Waals surface area contributed by atoms with E-state index in [1.807, 2.05) is 0 Å². The standard InChI is InChI=1S/C20H30O4/c1-13-6-5-10-19(3,22)17-12-15(14(2)18(21)23-17)9-11-20(4)16(24-20)8-7-13/h6,15-17,22H,2,5,7-12H2,1,3-4H3/b13-6-/t15-,16+,17+,19+,20-/m1/s1. The van der Waals surface area contributed by atoms with Crippen molar-refractivity contribution in [1.29, 1.82) is 0 Å². The molecule has 2 fully saturated rings. The molecule has 2 bridgehead atoms. The number of carbonyl (C=O) groups is 1. The van der Waals surface area contributed by atoms with Gasteiger partial charge in [0, 0.05) is 5.57 Å². The van der Waals surface area contributed by atoms with Crippen LogP contribution in [0.3, 0.4) is 0 Å². The summed E-state index contributed by atoms with van der Waals surface area (Å²) in [6.07, 6.45) is 7.98. The minimum atomic E-state index is -1.00. The van der Waals surface area contributed by atoms with Gasteiger partial charge in [-0.3, -0.25) is 0 Å². The smallest absolute Gasteiger partial charge is 0.334 e. The average Bonchev–Trinajstić information content (AvgIpc) is 3.16. The zero-order valence-corrected chi connectivity index (χ0v) is 15.1. The molecule has 0 amide bonds. The Balaban J connectivity index is 1.80. The summed E-state index contributed by atoms with van der Waals surface area (Å²) in [5.41, 5.74) is 0.820. The van der Waals surface area contributed by atoms with Crippen LogP contribution in [0.5, 0.6) is 0 Å².